The van der Waals surface area contributed by atoms with Gasteiger partial charge in [0.2, 0.25) is 11.8 Å². The summed E-state index contributed by atoms with van der Waals surface area (Å²) in [5.74, 6) is -0.647. The summed E-state index contributed by atoms with van der Waals surface area (Å²) < 4.78 is 0. The fourth-order valence-corrected chi connectivity index (χ4v) is 6.64. The van der Waals surface area contributed by atoms with Gasteiger partial charge < -0.3 is 26.6 Å². The van der Waals surface area contributed by atoms with Crippen molar-refractivity contribution in [3.05, 3.63) is 90.0 Å². The molecular formula is C37H52N6O3. The highest BCUT2D eigenvalue weighted by Gasteiger charge is 2.26. The molecule has 1 saturated heterocycles. The van der Waals surface area contributed by atoms with Crippen LogP contribution < -0.4 is 26.6 Å². The van der Waals surface area contributed by atoms with Crippen molar-refractivity contribution in [3.8, 4) is 0 Å². The molecule has 4 amide bonds. The second-order valence-corrected chi connectivity index (χ2v) is 12.5. The highest BCUT2D eigenvalue weighted by molar-refractivity contribution is 5.98. The third-order valence-corrected chi connectivity index (χ3v) is 9.20. The van der Waals surface area contributed by atoms with Gasteiger partial charge in [-0.05, 0) is 67.9 Å². The lowest BCUT2D eigenvalue weighted by Crippen LogP contribution is -2.51. The highest BCUT2D eigenvalue weighted by Crippen LogP contribution is 2.32. The number of benzene rings is 3. The molecule has 1 heterocycles. The third kappa shape index (κ3) is 9.81. The van der Waals surface area contributed by atoms with Crippen LogP contribution in [0.4, 0.5) is 21.9 Å². The Balaban J connectivity index is 0.00000312. The maximum atomic E-state index is 13.2. The molecule has 248 valence electrons. The van der Waals surface area contributed by atoms with Gasteiger partial charge in [0.1, 0.15) is 6.04 Å². The van der Waals surface area contributed by atoms with E-state index in [1.807, 2.05) is 60.7 Å². The molecule has 3 aromatic carbocycles. The topological polar surface area (TPSA) is 120 Å². The Labute approximate surface area is 275 Å². The molecule has 0 spiro atoms. The van der Waals surface area contributed by atoms with Crippen molar-refractivity contribution in [2.45, 2.75) is 76.3 Å². The predicted octanol–water partition coefficient (Wildman–Crippen LogP) is 6.20. The minimum absolute atomic E-state index is 0. The van der Waals surface area contributed by atoms with Gasteiger partial charge in [0.25, 0.3) is 0 Å². The van der Waals surface area contributed by atoms with Crippen LogP contribution >= 0.6 is 0 Å². The normalized spacial score (nSPS) is 16.4. The van der Waals surface area contributed by atoms with Gasteiger partial charge in [-0.15, -0.1) is 0 Å². The summed E-state index contributed by atoms with van der Waals surface area (Å²) in [6, 6.07) is 24.9. The maximum absolute atomic E-state index is 13.2. The molecule has 1 aliphatic heterocycles. The number of nitrogens with two attached hydrogens (primary N) is 1. The van der Waals surface area contributed by atoms with Crippen LogP contribution in [0.3, 0.4) is 0 Å². The van der Waals surface area contributed by atoms with Crippen LogP contribution in [0.5, 0.6) is 0 Å². The molecule has 46 heavy (non-hydrogen) atoms. The van der Waals surface area contributed by atoms with E-state index in [4.69, 9.17) is 5.73 Å². The van der Waals surface area contributed by atoms with Crippen molar-refractivity contribution in [1.29, 1.82) is 0 Å². The predicted molar refractivity (Wildman–Crippen MR) is 189 cm³/mol. The van der Waals surface area contributed by atoms with Gasteiger partial charge in [0.15, 0.2) is 0 Å². The Kier molecular flexibility index (Phi) is 12.1. The molecule has 9 heteroatoms. The Morgan fingerprint density at radius 3 is 2.11 bits per heavy atom. The minimum Gasteiger partial charge on any atom is -0.368 e. The summed E-state index contributed by atoms with van der Waals surface area (Å²) in [7, 11) is 0. The molecule has 0 aromatic heterocycles. The van der Waals surface area contributed by atoms with Crippen molar-refractivity contribution in [2.24, 2.45) is 5.73 Å². The maximum Gasteiger partial charge on any atom is 0.319 e. The first-order valence-corrected chi connectivity index (χ1v) is 16.8. The Hall–Kier alpha value is -4.37. The number of urea groups is 1. The van der Waals surface area contributed by atoms with Crippen molar-refractivity contribution < 1.29 is 17.2 Å². The first-order valence-electron chi connectivity index (χ1n) is 16.8. The van der Waals surface area contributed by atoms with Gasteiger partial charge in [0.05, 0.1) is 11.4 Å². The lowest BCUT2D eigenvalue weighted by atomic mass is 9.94. The van der Waals surface area contributed by atoms with E-state index in [1.54, 1.807) is 6.07 Å². The largest absolute Gasteiger partial charge is 0.368 e. The van der Waals surface area contributed by atoms with E-state index in [1.165, 1.54) is 37.7 Å². The molecule has 3 aromatic rings. The smallest absolute Gasteiger partial charge is 0.319 e. The van der Waals surface area contributed by atoms with Crippen molar-refractivity contribution in [3.63, 3.8) is 0 Å². The minimum atomic E-state index is -0.816. The average molecular weight is 629 g/mol. The monoisotopic (exact) mass is 628 g/mol. The van der Waals surface area contributed by atoms with E-state index in [2.05, 4.69) is 37.9 Å². The summed E-state index contributed by atoms with van der Waals surface area (Å²) in [4.78, 5) is 43.2. The molecular weight excluding hydrogens is 576 g/mol. The SMILES string of the molecule is NC(=O)C(CCc1ccccc1)NC(=O)Nc1ccc(N2CCN(C3CCCCC3)CC2)c(NC(=O)CCCc2ccccc2)c1.[HH].[HH]. The number of rotatable bonds is 13. The number of nitrogens with one attached hydrogen (secondary N) is 3. The number of amides is 4. The van der Waals surface area contributed by atoms with E-state index in [0.717, 1.165) is 50.3 Å². The fourth-order valence-electron chi connectivity index (χ4n) is 6.64. The van der Waals surface area contributed by atoms with Crippen LogP contribution in [0.1, 0.15) is 65.3 Å². The summed E-state index contributed by atoms with van der Waals surface area (Å²) in [6.07, 6.45) is 9.53. The van der Waals surface area contributed by atoms with Crippen LogP contribution in [-0.2, 0) is 22.4 Å². The molecule has 5 rings (SSSR count). The van der Waals surface area contributed by atoms with Crippen LogP contribution in [0.15, 0.2) is 78.9 Å². The number of hydrogen-bond donors (Lipinski definition) is 4. The molecule has 0 radical (unpaired) electrons. The Morgan fingerprint density at radius 1 is 0.804 bits per heavy atom. The molecule has 2 aliphatic rings. The number of carbonyl (C=O) groups is 3. The lowest BCUT2D eigenvalue weighted by molar-refractivity contribution is -0.120. The van der Waals surface area contributed by atoms with Crippen molar-refractivity contribution >= 4 is 34.9 Å². The van der Waals surface area contributed by atoms with Crippen LogP contribution in [0, 0.1) is 0 Å². The summed E-state index contributed by atoms with van der Waals surface area (Å²) in [5.41, 5.74) is 10.0. The molecule has 2 fully saturated rings. The van der Waals surface area contributed by atoms with Gasteiger partial charge >= 0.3 is 6.03 Å². The van der Waals surface area contributed by atoms with Gasteiger partial charge in [-0.3, -0.25) is 14.5 Å². The highest BCUT2D eigenvalue weighted by atomic mass is 16.2. The van der Waals surface area contributed by atoms with Gasteiger partial charge in [-0.2, -0.15) is 0 Å². The van der Waals surface area contributed by atoms with E-state index in [0.29, 0.717) is 36.7 Å². The van der Waals surface area contributed by atoms with Crippen LogP contribution in [-0.4, -0.2) is 61.0 Å². The van der Waals surface area contributed by atoms with Crippen LogP contribution in [0.2, 0.25) is 0 Å². The zero-order valence-corrected chi connectivity index (χ0v) is 26.8. The molecule has 1 unspecified atom stereocenters. The van der Waals surface area contributed by atoms with Crippen molar-refractivity contribution in [2.75, 3.05) is 41.7 Å². The Morgan fingerprint density at radius 2 is 1.46 bits per heavy atom. The number of aryl methyl sites for hydroxylation is 2. The van der Waals surface area contributed by atoms with E-state index in [9.17, 15) is 14.4 Å². The van der Waals surface area contributed by atoms with Crippen molar-refractivity contribution in [1.82, 2.24) is 10.2 Å². The van der Waals surface area contributed by atoms with Gasteiger partial charge in [-0.25, -0.2) is 4.79 Å². The molecule has 1 atom stereocenters. The second-order valence-electron chi connectivity index (χ2n) is 12.5. The zero-order valence-electron chi connectivity index (χ0n) is 26.8. The quantitative estimate of drug-likeness (QED) is 0.180. The molecule has 0 bridgehead atoms. The second kappa shape index (κ2) is 16.8. The van der Waals surface area contributed by atoms with E-state index < -0.39 is 18.0 Å². The first-order chi connectivity index (χ1) is 22.4. The first kappa shape index (κ1) is 33.0. The van der Waals surface area contributed by atoms with Crippen LogP contribution in [0.25, 0.3) is 0 Å². The third-order valence-electron chi connectivity index (χ3n) is 9.20. The lowest BCUT2D eigenvalue weighted by Gasteiger charge is -2.42. The molecule has 1 aliphatic carbocycles. The average Bonchev–Trinajstić information content (AvgIpc) is 3.08. The fraction of sp³-hybridized carbons (Fsp3) is 0.432. The Bertz CT molecular complexity index is 1430. The zero-order chi connectivity index (χ0) is 32.1. The number of carbonyl (C=O) groups excluding carboxylic acids is 3. The van der Waals surface area contributed by atoms with E-state index in [-0.39, 0.29) is 8.76 Å². The molecule has 5 N–H and O–H groups in total. The summed E-state index contributed by atoms with van der Waals surface area (Å²) >= 11 is 0. The number of nitrogens with zero attached hydrogens (tertiary/aromatic N) is 2. The summed E-state index contributed by atoms with van der Waals surface area (Å²) in [5, 5.41) is 8.71. The molecule has 9 nitrogen and oxygen atoms in total. The number of anilines is 3. The standard InChI is InChI=1S/C37H48N6O3.2H2/c38-36(45)32(21-19-29-13-6-2-7-14-29)41-37(46)39-30-20-22-34(43-25-23-42(24-26-43)31-16-8-3-9-17-31)33(27-30)40-35(44)18-10-15-28-11-4-1-5-12-28;;/h1-2,4-7,11-14,20,22,27,31-32H,3,8-10,15-19,21,23-26H2,(H2,38,45)(H,40,44)(H2,39,41,46);2*1H. The van der Waals surface area contributed by atoms with Gasteiger partial charge in [0, 0.05) is 47.2 Å². The molecule has 1 saturated carbocycles. The van der Waals surface area contributed by atoms with E-state index >= 15 is 0 Å². The van der Waals surface area contributed by atoms with Gasteiger partial charge in [-0.1, -0.05) is 79.9 Å². The summed E-state index contributed by atoms with van der Waals surface area (Å²) in [6.45, 7) is 3.74. The number of piperazine rings is 1. The number of hydrogen-bond acceptors (Lipinski definition) is 5. The number of primary amides is 1.